The van der Waals surface area contributed by atoms with Gasteiger partial charge in [-0.05, 0) is 6.92 Å². The van der Waals surface area contributed by atoms with Crippen molar-refractivity contribution in [1.82, 2.24) is 20.8 Å². The fraction of sp³-hybridized carbons (Fsp3) is 0.455. The molecule has 0 atom stereocenters. The molecule has 0 spiro atoms. The fourth-order valence-electron chi connectivity index (χ4n) is 1.08. The van der Waals surface area contributed by atoms with Gasteiger partial charge in [0.05, 0.1) is 11.3 Å². The molecule has 1 aromatic rings. The molecule has 0 saturated carbocycles. The van der Waals surface area contributed by atoms with Gasteiger partial charge >= 0.3 is 0 Å². The lowest BCUT2D eigenvalue weighted by molar-refractivity contribution is -0.129. The van der Waals surface area contributed by atoms with Crippen molar-refractivity contribution in [3.8, 4) is 0 Å². The second-order valence-corrected chi connectivity index (χ2v) is 4.89. The molecule has 1 aromatic heterocycles. The Morgan fingerprint density at radius 3 is 2.39 bits per heavy atom. The van der Waals surface area contributed by atoms with E-state index >= 15 is 0 Å². The van der Waals surface area contributed by atoms with Crippen molar-refractivity contribution in [2.24, 2.45) is 5.41 Å². The molecule has 18 heavy (non-hydrogen) atoms. The summed E-state index contributed by atoms with van der Waals surface area (Å²) >= 11 is 0. The summed E-state index contributed by atoms with van der Waals surface area (Å²) in [6.45, 7) is 6.86. The van der Waals surface area contributed by atoms with Crippen LogP contribution in [-0.4, -0.2) is 21.8 Å². The van der Waals surface area contributed by atoms with Crippen LogP contribution in [0.25, 0.3) is 0 Å². The van der Waals surface area contributed by atoms with Crippen LogP contribution in [-0.2, 0) is 4.79 Å². The number of amides is 2. The van der Waals surface area contributed by atoms with E-state index in [1.165, 1.54) is 6.20 Å². The minimum Gasteiger partial charge on any atom is -0.368 e. The Kier molecular flexibility index (Phi) is 3.85. The van der Waals surface area contributed by atoms with E-state index < -0.39 is 11.3 Å². The van der Waals surface area contributed by atoms with Gasteiger partial charge < -0.3 is 5.73 Å². The zero-order chi connectivity index (χ0) is 13.9. The number of nitrogen functional groups attached to an aromatic ring is 1. The Bertz CT molecular complexity index is 479. The molecule has 0 aromatic carbocycles. The minimum atomic E-state index is -0.583. The van der Waals surface area contributed by atoms with E-state index in [2.05, 4.69) is 20.8 Å². The van der Waals surface area contributed by atoms with Crippen LogP contribution in [0.4, 0.5) is 5.95 Å². The van der Waals surface area contributed by atoms with Crippen LogP contribution < -0.4 is 16.6 Å². The lowest BCUT2D eigenvalue weighted by Gasteiger charge is -2.18. The van der Waals surface area contributed by atoms with Gasteiger partial charge in [0.2, 0.25) is 11.9 Å². The molecular weight excluding hydrogens is 234 g/mol. The highest BCUT2D eigenvalue weighted by atomic mass is 16.2. The molecule has 0 unspecified atom stereocenters. The minimum absolute atomic E-state index is 0.0998. The molecule has 0 aliphatic carbocycles. The summed E-state index contributed by atoms with van der Waals surface area (Å²) in [4.78, 5) is 30.9. The number of nitrogens with zero attached hydrogens (tertiary/aromatic N) is 2. The Morgan fingerprint density at radius 1 is 1.28 bits per heavy atom. The van der Waals surface area contributed by atoms with Crippen LogP contribution in [0.3, 0.4) is 0 Å². The number of rotatable bonds is 1. The highest BCUT2D eigenvalue weighted by molar-refractivity contribution is 5.96. The van der Waals surface area contributed by atoms with Gasteiger partial charge in [-0.25, -0.2) is 9.97 Å². The van der Waals surface area contributed by atoms with Crippen molar-refractivity contribution in [2.45, 2.75) is 27.7 Å². The normalized spacial score (nSPS) is 10.9. The Balaban J connectivity index is 2.70. The van der Waals surface area contributed by atoms with Crippen molar-refractivity contribution in [3.05, 3.63) is 17.5 Å². The first-order chi connectivity index (χ1) is 8.21. The molecule has 1 rings (SSSR count). The van der Waals surface area contributed by atoms with Crippen LogP contribution in [0, 0.1) is 12.3 Å². The van der Waals surface area contributed by atoms with Crippen molar-refractivity contribution < 1.29 is 9.59 Å². The predicted molar refractivity (Wildman–Crippen MR) is 66.2 cm³/mol. The summed E-state index contributed by atoms with van der Waals surface area (Å²) in [6.07, 6.45) is 1.32. The monoisotopic (exact) mass is 251 g/mol. The summed E-state index contributed by atoms with van der Waals surface area (Å²) in [5, 5.41) is 0. The molecule has 0 bridgehead atoms. The first kappa shape index (κ1) is 13.9. The molecule has 0 aliphatic rings. The SMILES string of the molecule is Cc1nc(N)ncc1C(=O)NNC(=O)C(C)(C)C. The van der Waals surface area contributed by atoms with Gasteiger partial charge in [-0.15, -0.1) is 0 Å². The van der Waals surface area contributed by atoms with Crippen LogP contribution in [0.15, 0.2) is 6.20 Å². The second-order valence-electron chi connectivity index (χ2n) is 4.89. The van der Waals surface area contributed by atoms with Gasteiger partial charge in [-0.1, -0.05) is 20.8 Å². The molecule has 7 heteroatoms. The highest BCUT2D eigenvalue weighted by Gasteiger charge is 2.22. The fourth-order valence-corrected chi connectivity index (χ4v) is 1.08. The maximum absolute atomic E-state index is 11.8. The second kappa shape index (κ2) is 4.99. The van der Waals surface area contributed by atoms with Crippen LogP contribution in [0.1, 0.15) is 36.8 Å². The third-order valence-corrected chi connectivity index (χ3v) is 2.21. The number of aryl methyl sites for hydroxylation is 1. The van der Waals surface area contributed by atoms with E-state index in [0.717, 1.165) is 0 Å². The molecule has 98 valence electrons. The Hall–Kier alpha value is -2.18. The predicted octanol–water partition coefficient (Wildman–Crippen LogP) is 0.174. The maximum Gasteiger partial charge on any atom is 0.273 e. The number of nitrogens with two attached hydrogens (primary N) is 1. The quantitative estimate of drug-likeness (QED) is 0.616. The van der Waals surface area contributed by atoms with E-state index in [0.29, 0.717) is 5.69 Å². The van der Waals surface area contributed by atoms with E-state index in [1.54, 1.807) is 27.7 Å². The van der Waals surface area contributed by atoms with Crippen molar-refractivity contribution in [1.29, 1.82) is 0 Å². The third-order valence-electron chi connectivity index (χ3n) is 2.21. The molecule has 4 N–H and O–H groups in total. The smallest absolute Gasteiger partial charge is 0.273 e. The lowest BCUT2D eigenvalue weighted by atomic mass is 9.96. The van der Waals surface area contributed by atoms with Crippen molar-refractivity contribution in [3.63, 3.8) is 0 Å². The molecule has 0 aliphatic heterocycles. The number of carbonyl (C=O) groups is 2. The van der Waals surface area contributed by atoms with Crippen molar-refractivity contribution >= 4 is 17.8 Å². The van der Waals surface area contributed by atoms with Gasteiger partial charge in [0.25, 0.3) is 5.91 Å². The van der Waals surface area contributed by atoms with Gasteiger partial charge in [-0.2, -0.15) is 0 Å². The first-order valence-corrected chi connectivity index (χ1v) is 5.41. The number of carbonyl (C=O) groups excluding carboxylic acids is 2. The summed E-state index contributed by atoms with van der Waals surface area (Å²) in [6, 6.07) is 0. The average Bonchev–Trinajstić information content (AvgIpc) is 2.24. The number of anilines is 1. The summed E-state index contributed by atoms with van der Waals surface area (Å²) < 4.78 is 0. The standard InChI is InChI=1S/C11H17N5O2/c1-6-7(5-13-10(12)14-6)8(17)15-16-9(18)11(2,3)4/h5H,1-4H3,(H,15,17)(H,16,18)(H2,12,13,14). The summed E-state index contributed by atoms with van der Waals surface area (Å²) in [5.41, 5.74) is 10.2. The number of hydrazine groups is 1. The Labute approximate surface area is 105 Å². The van der Waals surface area contributed by atoms with E-state index in [-0.39, 0.29) is 17.4 Å². The molecule has 0 fully saturated rings. The first-order valence-electron chi connectivity index (χ1n) is 5.41. The maximum atomic E-state index is 11.8. The van der Waals surface area contributed by atoms with Crippen LogP contribution in [0.2, 0.25) is 0 Å². The number of aromatic nitrogens is 2. The molecule has 0 radical (unpaired) electrons. The number of nitrogens with one attached hydrogen (secondary N) is 2. The van der Waals surface area contributed by atoms with E-state index in [9.17, 15) is 9.59 Å². The number of hydrogen-bond acceptors (Lipinski definition) is 5. The molecule has 1 heterocycles. The van der Waals surface area contributed by atoms with Crippen LogP contribution >= 0.6 is 0 Å². The third kappa shape index (κ3) is 3.41. The van der Waals surface area contributed by atoms with Crippen LogP contribution in [0.5, 0.6) is 0 Å². The van der Waals surface area contributed by atoms with Gasteiger partial charge in [0, 0.05) is 11.6 Å². The number of hydrogen-bond donors (Lipinski definition) is 3. The van der Waals surface area contributed by atoms with Crippen molar-refractivity contribution in [2.75, 3.05) is 5.73 Å². The molecular formula is C11H17N5O2. The Morgan fingerprint density at radius 2 is 1.89 bits per heavy atom. The van der Waals surface area contributed by atoms with E-state index in [4.69, 9.17) is 5.73 Å². The largest absolute Gasteiger partial charge is 0.368 e. The lowest BCUT2D eigenvalue weighted by Crippen LogP contribution is -2.46. The zero-order valence-electron chi connectivity index (χ0n) is 10.9. The average molecular weight is 251 g/mol. The summed E-state index contributed by atoms with van der Waals surface area (Å²) in [7, 11) is 0. The molecule has 0 saturated heterocycles. The highest BCUT2D eigenvalue weighted by Crippen LogP contribution is 2.11. The van der Waals surface area contributed by atoms with Gasteiger partial charge in [-0.3, -0.25) is 20.4 Å². The topological polar surface area (TPSA) is 110 Å². The summed E-state index contributed by atoms with van der Waals surface area (Å²) in [5.74, 6) is -0.669. The molecule has 7 nitrogen and oxygen atoms in total. The van der Waals surface area contributed by atoms with Gasteiger partial charge in [0.1, 0.15) is 0 Å². The van der Waals surface area contributed by atoms with E-state index in [1.807, 2.05) is 0 Å². The molecule has 2 amide bonds. The zero-order valence-corrected chi connectivity index (χ0v) is 10.9. The van der Waals surface area contributed by atoms with Gasteiger partial charge in [0.15, 0.2) is 0 Å².